The lowest BCUT2D eigenvalue weighted by Crippen LogP contribution is -2.04. The molecule has 0 bridgehead atoms. The summed E-state index contributed by atoms with van der Waals surface area (Å²) in [6.45, 7) is 0. The number of hydrogen-bond donors (Lipinski definition) is 2. The first kappa shape index (κ1) is 16.4. The van der Waals surface area contributed by atoms with Crippen molar-refractivity contribution in [3.63, 3.8) is 0 Å². The summed E-state index contributed by atoms with van der Waals surface area (Å²) in [4.78, 5) is 11.1. The SMILES string of the molecule is O=C(O)/C(O)=C(/CCc1ccc(Cl)c(Cl)c1)c1ccccc1. The van der Waals surface area contributed by atoms with Crippen molar-refractivity contribution >= 4 is 34.7 Å². The number of aliphatic hydroxyl groups is 1. The van der Waals surface area contributed by atoms with Crippen LogP contribution in [0, 0.1) is 0 Å². The highest BCUT2D eigenvalue weighted by atomic mass is 35.5. The van der Waals surface area contributed by atoms with Gasteiger partial charge in [0.2, 0.25) is 5.76 Å². The van der Waals surface area contributed by atoms with Crippen LogP contribution < -0.4 is 0 Å². The Morgan fingerprint density at radius 1 is 0.955 bits per heavy atom. The molecule has 0 unspecified atom stereocenters. The maximum atomic E-state index is 11.1. The molecular weight excluding hydrogens is 323 g/mol. The second-order valence-corrected chi connectivity index (χ2v) is 5.56. The molecule has 2 aromatic carbocycles. The van der Waals surface area contributed by atoms with Crippen molar-refractivity contribution < 1.29 is 15.0 Å². The highest BCUT2D eigenvalue weighted by Crippen LogP contribution is 2.27. The van der Waals surface area contributed by atoms with E-state index >= 15 is 0 Å². The molecule has 0 radical (unpaired) electrons. The number of carboxylic acid groups (broad SMARTS) is 1. The Hall–Kier alpha value is -1.97. The van der Waals surface area contributed by atoms with Gasteiger partial charge in [0, 0.05) is 5.57 Å². The fourth-order valence-corrected chi connectivity index (χ4v) is 2.45. The fourth-order valence-electron chi connectivity index (χ4n) is 2.13. The van der Waals surface area contributed by atoms with Crippen LogP contribution >= 0.6 is 23.2 Å². The lowest BCUT2D eigenvalue weighted by molar-refractivity contribution is -0.135. The molecule has 0 amide bonds. The zero-order chi connectivity index (χ0) is 16.1. The predicted octanol–water partition coefficient (Wildman–Crippen LogP) is 4.98. The largest absolute Gasteiger partial charge is 0.502 e. The van der Waals surface area contributed by atoms with Crippen LogP contribution in [0.2, 0.25) is 10.0 Å². The Bertz CT molecular complexity index is 709. The Balaban J connectivity index is 2.26. The van der Waals surface area contributed by atoms with Gasteiger partial charge in [0.1, 0.15) is 0 Å². The first-order valence-corrected chi connectivity index (χ1v) is 7.39. The molecule has 0 aromatic heterocycles. The van der Waals surface area contributed by atoms with E-state index in [2.05, 4.69) is 0 Å². The van der Waals surface area contributed by atoms with E-state index in [1.165, 1.54) is 0 Å². The Labute approximate surface area is 138 Å². The van der Waals surface area contributed by atoms with Crippen molar-refractivity contribution in [3.05, 3.63) is 75.5 Å². The van der Waals surface area contributed by atoms with Gasteiger partial charge in [-0.15, -0.1) is 0 Å². The van der Waals surface area contributed by atoms with Crippen LogP contribution in [0.1, 0.15) is 17.5 Å². The standard InChI is InChI=1S/C17H14Cl2O3/c18-14-9-7-11(10-15(14)19)6-8-13(16(20)17(21)22)12-4-2-1-3-5-12/h1-5,7,9-10,20H,6,8H2,(H,21,22)/b16-13+. The minimum atomic E-state index is -1.34. The quantitative estimate of drug-likeness (QED) is 0.598. The molecule has 0 saturated carbocycles. The summed E-state index contributed by atoms with van der Waals surface area (Å²) < 4.78 is 0. The molecule has 2 rings (SSSR count). The fraction of sp³-hybridized carbons (Fsp3) is 0.118. The van der Waals surface area contributed by atoms with Gasteiger partial charge in [-0.3, -0.25) is 0 Å². The highest BCUT2D eigenvalue weighted by molar-refractivity contribution is 6.42. The molecule has 0 aliphatic carbocycles. The van der Waals surface area contributed by atoms with Crippen molar-refractivity contribution in [1.82, 2.24) is 0 Å². The van der Waals surface area contributed by atoms with Crippen molar-refractivity contribution in [3.8, 4) is 0 Å². The molecule has 0 aliphatic rings. The van der Waals surface area contributed by atoms with Crippen LogP contribution in [0.5, 0.6) is 0 Å². The van der Waals surface area contributed by atoms with Gasteiger partial charge in [-0.1, -0.05) is 59.6 Å². The average Bonchev–Trinajstić information content (AvgIpc) is 2.51. The molecule has 0 saturated heterocycles. The van der Waals surface area contributed by atoms with Gasteiger partial charge in [0.25, 0.3) is 0 Å². The molecule has 0 heterocycles. The number of rotatable bonds is 5. The van der Waals surface area contributed by atoms with Gasteiger partial charge in [0.15, 0.2) is 0 Å². The lowest BCUT2D eigenvalue weighted by Gasteiger charge is -2.10. The van der Waals surface area contributed by atoms with E-state index in [9.17, 15) is 9.90 Å². The summed E-state index contributed by atoms with van der Waals surface area (Å²) in [6, 6.07) is 14.2. The molecule has 3 nitrogen and oxygen atoms in total. The minimum Gasteiger partial charge on any atom is -0.502 e. The normalized spacial score (nSPS) is 11.9. The van der Waals surface area contributed by atoms with E-state index in [0.717, 1.165) is 5.56 Å². The van der Waals surface area contributed by atoms with Crippen LogP contribution in [0.3, 0.4) is 0 Å². The van der Waals surface area contributed by atoms with Crippen molar-refractivity contribution in [2.75, 3.05) is 0 Å². The molecule has 0 atom stereocenters. The maximum Gasteiger partial charge on any atom is 0.371 e. The zero-order valence-corrected chi connectivity index (χ0v) is 13.1. The summed E-state index contributed by atoms with van der Waals surface area (Å²) in [5, 5.41) is 19.8. The van der Waals surface area contributed by atoms with Crippen LogP contribution in [-0.2, 0) is 11.2 Å². The number of allylic oxidation sites excluding steroid dienone is 1. The Morgan fingerprint density at radius 2 is 1.64 bits per heavy atom. The number of hydrogen-bond acceptors (Lipinski definition) is 2. The summed E-state index contributed by atoms with van der Waals surface area (Å²) >= 11 is 11.8. The maximum absolute atomic E-state index is 11.1. The van der Waals surface area contributed by atoms with E-state index in [0.29, 0.717) is 34.0 Å². The summed E-state index contributed by atoms with van der Waals surface area (Å²) in [6.07, 6.45) is 0.915. The second-order valence-electron chi connectivity index (χ2n) is 4.75. The van der Waals surface area contributed by atoms with Crippen LogP contribution in [0.25, 0.3) is 5.57 Å². The van der Waals surface area contributed by atoms with Crippen LogP contribution in [0.4, 0.5) is 0 Å². The van der Waals surface area contributed by atoms with Crippen LogP contribution in [0.15, 0.2) is 54.3 Å². The Morgan fingerprint density at radius 3 is 2.23 bits per heavy atom. The molecule has 5 heteroatoms. The van der Waals surface area contributed by atoms with Crippen molar-refractivity contribution in [2.24, 2.45) is 0 Å². The van der Waals surface area contributed by atoms with E-state index in [4.69, 9.17) is 28.3 Å². The predicted molar refractivity (Wildman–Crippen MR) is 88.4 cm³/mol. The second kappa shape index (κ2) is 7.34. The monoisotopic (exact) mass is 336 g/mol. The molecular formula is C17H14Cl2O3. The molecule has 0 spiro atoms. The van der Waals surface area contributed by atoms with Gasteiger partial charge >= 0.3 is 5.97 Å². The summed E-state index contributed by atoms with van der Waals surface area (Å²) in [5.74, 6) is -1.97. The highest BCUT2D eigenvalue weighted by Gasteiger charge is 2.15. The number of carboxylic acids is 1. The summed E-state index contributed by atoms with van der Waals surface area (Å²) in [7, 11) is 0. The van der Waals surface area contributed by atoms with E-state index in [1.54, 1.807) is 36.4 Å². The average molecular weight is 337 g/mol. The molecule has 0 fully saturated rings. The third-order valence-electron chi connectivity index (χ3n) is 3.26. The molecule has 22 heavy (non-hydrogen) atoms. The van der Waals surface area contributed by atoms with Gasteiger partial charge in [-0.05, 0) is 36.1 Å². The topological polar surface area (TPSA) is 57.5 Å². The first-order chi connectivity index (χ1) is 10.5. The third-order valence-corrected chi connectivity index (χ3v) is 4.00. The number of aliphatic carboxylic acids is 1. The number of carbonyl (C=O) groups is 1. The smallest absolute Gasteiger partial charge is 0.371 e. The molecule has 2 aromatic rings. The molecule has 0 aliphatic heterocycles. The summed E-state index contributed by atoms with van der Waals surface area (Å²) in [5.41, 5.74) is 1.99. The number of aryl methyl sites for hydroxylation is 1. The van der Waals surface area contributed by atoms with Gasteiger partial charge in [0.05, 0.1) is 10.0 Å². The zero-order valence-electron chi connectivity index (χ0n) is 11.6. The molecule has 2 N–H and O–H groups in total. The first-order valence-electron chi connectivity index (χ1n) is 6.64. The van der Waals surface area contributed by atoms with Gasteiger partial charge in [-0.2, -0.15) is 0 Å². The number of halogens is 2. The Kier molecular flexibility index (Phi) is 5.47. The number of aliphatic hydroxyl groups excluding tert-OH is 1. The van der Waals surface area contributed by atoms with Crippen molar-refractivity contribution in [2.45, 2.75) is 12.8 Å². The molecule has 114 valence electrons. The third kappa shape index (κ3) is 4.03. The van der Waals surface area contributed by atoms with E-state index in [1.807, 2.05) is 12.1 Å². The van der Waals surface area contributed by atoms with Gasteiger partial charge < -0.3 is 10.2 Å². The minimum absolute atomic E-state index is 0.375. The van der Waals surface area contributed by atoms with E-state index in [-0.39, 0.29) is 0 Å². The van der Waals surface area contributed by atoms with Crippen LogP contribution in [-0.4, -0.2) is 16.2 Å². The van der Waals surface area contributed by atoms with Gasteiger partial charge in [-0.25, -0.2) is 4.79 Å². The number of benzene rings is 2. The van der Waals surface area contributed by atoms with Crippen molar-refractivity contribution in [1.29, 1.82) is 0 Å². The van der Waals surface area contributed by atoms with E-state index < -0.39 is 11.7 Å². The lowest BCUT2D eigenvalue weighted by atomic mass is 9.97.